The molecule has 0 aliphatic heterocycles. The van der Waals surface area contributed by atoms with Gasteiger partial charge in [-0.1, -0.05) is 142 Å². The van der Waals surface area contributed by atoms with Crippen LogP contribution in [-0.4, -0.2) is 0 Å². The highest BCUT2D eigenvalue weighted by molar-refractivity contribution is 6.12. The van der Waals surface area contributed by atoms with E-state index < -0.39 is 0 Å². The summed E-state index contributed by atoms with van der Waals surface area (Å²) in [7, 11) is 0. The Morgan fingerprint density at radius 3 is 1.79 bits per heavy atom. The Hall–Kier alpha value is -3.12. The van der Waals surface area contributed by atoms with Crippen molar-refractivity contribution >= 4 is 21.9 Å². The zero-order valence-electron chi connectivity index (χ0n) is 27.9. The van der Waals surface area contributed by atoms with Crippen molar-refractivity contribution in [2.75, 3.05) is 0 Å². The molecular formula is C43H48. The minimum Gasteiger partial charge on any atom is -0.0625 e. The van der Waals surface area contributed by atoms with Crippen LogP contribution in [0.1, 0.15) is 103 Å². The lowest BCUT2D eigenvalue weighted by atomic mass is 9.37. The maximum Gasteiger partial charge on any atom is 0.0288 e. The Labute approximate surface area is 259 Å². The van der Waals surface area contributed by atoms with Crippen molar-refractivity contribution in [2.45, 2.75) is 85.5 Å². The Kier molecular flexibility index (Phi) is 5.44. The molecule has 0 radical (unpaired) electrons. The third kappa shape index (κ3) is 2.99. The average molecular weight is 565 g/mol. The van der Waals surface area contributed by atoms with Gasteiger partial charge in [-0.2, -0.15) is 0 Å². The van der Waals surface area contributed by atoms with E-state index in [0.29, 0.717) is 35.5 Å². The van der Waals surface area contributed by atoms with Crippen LogP contribution >= 0.6 is 0 Å². The minimum absolute atomic E-state index is 0.00860. The monoisotopic (exact) mass is 564 g/mol. The molecule has 2 unspecified atom stereocenters. The average Bonchev–Trinajstić information content (AvgIpc) is 3.48. The molecule has 220 valence electrons. The minimum atomic E-state index is -0.0732. The first-order valence-corrected chi connectivity index (χ1v) is 16.9. The molecular weight excluding hydrogens is 516 g/mol. The number of hydrogen-bond acceptors (Lipinski definition) is 0. The van der Waals surface area contributed by atoms with Gasteiger partial charge in [-0.05, 0) is 102 Å². The number of rotatable bonds is 3. The summed E-state index contributed by atoms with van der Waals surface area (Å²) in [5, 5.41) is 2.86. The van der Waals surface area contributed by atoms with E-state index in [1.54, 1.807) is 33.4 Å². The molecule has 0 aromatic heterocycles. The quantitative estimate of drug-likeness (QED) is 0.232. The van der Waals surface area contributed by atoms with E-state index in [2.05, 4.69) is 142 Å². The Balaban J connectivity index is 1.51. The van der Waals surface area contributed by atoms with Crippen LogP contribution in [0.2, 0.25) is 0 Å². The molecule has 4 aliphatic rings. The highest BCUT2D eigenvalue weighted by atomic mass is 14.7. The summed E-state index contributed by atoms with van der Waals surface area (Å²) in [6.45, 7) is 25.0. The molecule has 0 N–H and O–H groups in total. The van der Waals surface area contributed by atoms with Gasteiger partial charge in [0.1, 0.15) is 0 Å². The van der Waals surface area contributed by atoms with E-state index >= 15 is 0 Å². The fraction of sp³-hybridized carbons (Fsp3) is 0.442. The predicted molar refractivity (Wildman–Crippen MR) is 184 cm³/mol. The van der Waals surface area contributed by atoms with Crippen LogP contribution in [0.25, 0.3) is 33.0 Å². The molecule has 4 aliphatic carbocycles. The molecule has 1 fully saturated rings. The van der Waals surface area contributed by atoms with E-state index in [9.17, 15) is 0 Å². The molecule has 2 atom stereocenters. The number of hydrogen-bond donors (Lipinski definition) is 0. The maximum atomic E-state index is 2.62. The third-order valence-corrected chi connectivity index (χ3v) is 12.6. The molecule has 8 rings (SSSR count). The topological polar surface area (TPSA) is 0 Å². The van der Waals surface area contributed by atoms with E-state index in [1.807, 2.05) is 0 Å². The summed E-state index contributed by atoms with van der Waals surface area (Å²) in [5.41, 5.74) is 15.5. The molecule has 0 heteroatoms. The summed E-state index contributed by atoms with van der Waals surface area (Å²) in [6, 6.07) is 28.6. The second-order valence-electron chi connectivity index (χ2n) is 16.4. The van der Waals surface area contributed by atoms with Crippen LogP contribution < -0.4 is 0 Å². The first kappa shape index (κ1) is 27.4. The van der Waals surface area contributed by atoms with Crippen molar-refractivity contribution in [3.8, 4) is 11.1 Å². The Bertz CT molecular complexity index is 1850. The summed E-state index contributed by atoms with van der Waals surface area (Å²) in [6.07, 6.45) is 0. The zero-order valence-corrected chi connectivity index (χ0v) is 27.9. The van der Waals surface area contributed by atoms with Gasteiger partial charge in [0.15, 0.2) is 0 Å². The number of fused-ring (bicyclic) bond motifs is 12. The lowest BCUT2D eigenvalue weighted by molar-refractivity contribution is -0.105. The largest absolute Gasteiger partial charge is 0.0625 e. The Morgan fingerprint density at radius 1 is 0.512 bits per heavy atom. The van der Waals surface area contributed by atoms with Crippen LogP contribution in [0.15, 0.2) is 72.8 Å². The first-order valence-electron chi connectivity index (χ1n) is 16.9. The molecule has 43 heavy (non-hydrogen) atoms. The van der Waals surface area contributed by atoms with Gasteiger partial charge in [0.05, 0.1) is 0 Å². The molecule has 0 bridgehead atoms. The second-order valence-corrected chi connectivity index (χ2v) is 16.4. The van der Waals surface area contributed by atoms with Gasteiger partial charge < -0.3 is 0 Å². The fourth-order valence-corrected chi connectivity index (χ4v) is 11.6. The molecule has 0 heterocycles. The highest BCUT2D eigenvalue weighted by Gasteiger charge is 2.69. The summed E-state index contributed by atoms with van der Waals surface area (Å²) < 4.78 is 0. The molecule has 1 spiro atoms. The Morgan fingerprint density at radius 2 is 1.12 bits per heavy atom. The fourth-order valence-electron chi connectivity index (χ4n) is 11.6. The van der Waals surface area contributed by atoms with E-state index in [1.165, 1.54) is 33.0 Å². The SMILES string of the molecule is CC(C)C1C(C(C)C)C2(c3ccc4c(c3-c3ccc5ccccc5c32)C(C)(C)C2=C4C(C)(C)c3ccccc32)C1C(C)C. The lowest BCUT2D eigenvalue weighted by Gasteiger charge is -2.66. The van der Waals surface area contributed by atoms with Crippen molar-refractivity contribution in [1.29, 1.82) is 0 Å². The van der Waals surface area contributed by atoms with Gasteiger partial charge in [-0.3, -0.25) is 0 Å². The number of allylic oxidation sites excluding steroid dienone is 2. The van der Waals surface area contributed by atoms with Gasteiger partial charge in [-0.25, -0.2) is 0 Å². The molecule has 4 aromatic carbocycles. The van der Waals surface area contributed by atoms with Crippen LogP contribution in [-0.2, 0) is 16.2 Å². The first-order chi connectivity index (χ1) is 20.4. The van der Waals surface area contributed by atoms with Crippen LogP contribution in [0.4, 0.5) is 0 Å². The van der Waals surface area contributed by atoms with Crippen LogP contribution in [0.5, 0.6) is 0 Å². The van der Waals surface area contributed by atoms with Crippen molar-refractivity contribution in [3.63, 3.8) is 0 Å². The third-order valence-electron chi connectivity index (χ3n) is 12.6. The maximum absolute atomic E-state index is 2.62. The molecule has 1 saturated carbocycles. The van der Waals surface area contributed by atoms with Crippen LogP contribution in [0.3, 0.4) is 0 Å². The van der Waals surface area contributed by atoms with Gasteiger partial charge in [-0.15, -0.1) is 0 Å². The smallest absolute Gasteiger partial charge is 0.0288 e. The van der Waals surface area contributed by atoms with Gasteiger partial charge in [0.2, 0.25) is 0 Å². The highest BCUT2D eigenvalue weighted by Crippen LogP contribution is 2.75. The van der Waals surface area contributed by atoms with E-state index in [-0.39, 0.29) is 16.2 Å². The summed E-state index contributed by atoms with van der Waals surface area (Å²) in [4.78, 5) is 0. The summed E-state index contributed by atoms with van der Waals surface area (Å²) >= 11 is 0. The number of benzene rings is 4. The van der Waals surface area contributed by atoms with E-state index in [4.69, 9.17) is 0 Å². The van der Waals surface area contributed by atoms with Gasteiger partial charge in [0, 0.05) is 16.2 Å². The van der Waals surface area contributed by atoms with Crippen molar-refractivity contribution < 1.29 is 0 Å². The van der Waals surface area contributed by atoms with Gasteiger partial charge in [0.25, 0.3) is 0 Å². The molecule has 4 aromatic rings. The van der Waals surface area contributed by atoms with Gasteiger partial charge >= 0.3 is 0 Å². The normalized spacial score (nSPS) is 27.1. The molecule has 0 nitrogen and oxygen atoms in total. The molecule has 0 saturated heterocycles. The van der Waals surface area contributed by atoms with E-state index in [0.717, 1.165) is 0 Å². The second kappa shape index (κ2) is 8.53. The molecule has 0 amide bonds. The van der Waals surface area contributed by atoms with Crippen LogP contribution in [0, 0.1) is 35.5 Å². The standard InChI is InChI=1S/C43H48/c1-23(2)33-35(24(3)4)43(36(33)25(5)6)32-22-21-30-38(34(32)29-20-19-26-15-11-12-16-27(26)37(29)43)42(9,10)39-28-17-13-14-18-31(28)41(7,8)40(30)39/h11-25,33,35-36H,1-10H3. The lowest BCUT2D eigenvalue weighted by Crippen LogP contribution is -2.64. The predicted octanol–water partition coefficient (Wildman–Crippen LogP) is 11.4. The van der Waals surface area contributed by atoms with Crippen molar-refractivity contribution in [3.05, 3.63) is 106 Å². The zero-order chi connectivity index (χ0) is 30.4. The van der Waals surface area contributed by atoms with Crippen molar-refractivity contribution in [2.24, 2.45) is 35.5 Å². The summed E-state index contributed by atoms with van der Waals surface area (Å²) in [5.74, 6) is 3.83. The van der Waals surface area contributed by atoms with Crippen molar-refractivity contribution in [1.82, 2.24) is 0 Å².